The van der Waals surface area contributed by atoms with E-state index >= 15 is 0 Å². The minimum Gasteiger partial charge on any atom is -0.465 e. The lowest BCUT2D eigenvalue weighted by atomic mass is 10.1. The number of carbonyl (C=O) groups is 1. The van der Waals surface area contributed by atoms with Gasteiger partial charge in [0.05, 0.1) is 12.5 Å². The highest BCUT2D eigenvalue weighted by Crippen LogP contribution is 2.38. The smallest absolute Gasteiger partial charge is 0.348 e. The fourth-order valence-corrected chi connectivity index (χ4v) is 4.27. The van der Waals surface area contributed by atoms with Crippen LogP contribution in [0.4, 0.5) is 11.5 Å². The van der Waals surface area contributed by atoms with Gasteiger partial charge < -0.3 is 9.64 Å². The number of aromatic nitrogens is 2. The summed E-state index contributed by atoms with van der Waals surface area (Å²) in [5.74, 6) is 0.435. The number of fused-ring (bicyclic) bond motifs is 1. The lowest BCUT2D eigenvalue weighted by Crippen LogP contribution is -2.18. The van der Waals surface area contributed by atoms with E-state index in [9.17, 15) is 4.79 Å². The number of benzene rings is 2. The van der Waals surface area contributed by atoms with Crippen LogP contribution in [0.15, 0.2) is 67.0 Å². The number of aryl methyl sites for hydroxylation is 1. The van der Waals surface area contributed by atoms with Crippen molar-refractivity contribution in [2.75, 3.05) is 12.0 Å². The summed E-state index contributed by atoms with van der Waals surface area (Å²) in [5.41, 5.74) is 3.03. The van der Waals surface area contributed by atoms with E-state index in [4.69, 9.17) is 4.74 Å². The summed E-state index contributed by atoms with van der Waals surface area (Å²) >= 11 is 1.34. The maximum absolute atomic E-state index is 12.2. The third-order valence-corrected chi connectivity index (χ3v) is 5.76. The summed E-state index contributed by atoms with van der Waals surface area (Å²) < 4.78 is 4.94. The number of thiophene rings is 1. The first-order chi connectivity index (χ1) is 13.7. The van der Waals surface area contributed by atoms with Crippen molar-refractivity contribution < 1.29 is 9.53 Å². The first-order valence-corrected chi connectivity index (χ1v) is 9.69. The predicted molar refractivity (Wildman–Crippen MR) is 112 cm³/mol. The van der Waals surface area contributed by atoms with Crippen molar-refractivity contribution in [1.82, 2.24) is 9.97 Å². The van der Waals surface area contributed by atoms with Crippen LogP contribution in [-0.2, 0) is 11.3 Å². The van der Waals surface area contributed by atoms with E-state index in [1.54, 1.807) is 6.33 Å². The Morgan fingerprint density at radius 1 is 1.04 bits per heavy atom. The third kappa shape index (κ3) is 3.34. The summed E-state index contributed by atoms with van der Waals surface area (Å²) in [6.45, 7) is 2.57. The van der Waals surface area contributed by atoms with E-state index in [0.29, 0.717) is 11.4 Å². The molecule has 0 saturated heterocycles. The molecule has 0 aliphatic carbocycles. The Balaban J connectivity index is 1.90. The molecule has 0 bridgehead atoms. The SMILES string of the molecule is COC(=O)c1sc2ncnc(N(Cc3ccccc3)c3ccccc3)c2c1C. The van der Waals surface area contributed by atoms with Gasteiger partial charge in [-0.1, -0.05) is 48.5 Å². The molecule has 0 radical (unpaired) electrons. The quantitative estimate of drug-likeness (QED) is 0.443. The standard InChI is InChI=1S/C22H19N3O2S/c1-15-18-20(23-14-24-21(18)28-19(15)22(26)27-2)25(17-11-7-4-8-12-17)13-16-9-5-3-6-10-16/h3-12,14H,13H2,1-2H3. The second-order valence-corrected chi connectivity index (χ2v) is 7.33. The van der Waals surface area contributed by atoms with Crippen molar-refractivity contribution in [2.24, 2.45) is 0 Å². The fourth-order valence-electron chi connectivity index (χ4n) is 3.21. The summed E-state index contributed by atoms with van der Waals surface area (Å²) in [6.07, 6.45) is 1.55. The molecule has 4 rings (SSSR count). The summed E-state index contributed by atoms with van der Waals surface area (Å²) in [7, 11) is 1.39. The predicted octanol–water partition coefficient (Wildman–Crippen LogP) is 5.12. The number of rotatable bonds is 5. The van der Waals surface area contributed by atoms with Crippen molar-refractivity contribution in [1.29, 1.82) is 0 Å². The zero-order valence-corrected chi connectivity index (χ0v) is 16.4. The van der Waals surface area contributed by atoms with Gasteiger partial charge in [0, 0.05) is 12.2 Å². The van der Waals surface area contributed by atoms with Gasteiger partial charge in [0.25, 0.3) is 0 Å². The molecule has 0 aliphatic rings. The number of methoxy groups -OCH3 is 1. The second-order valence-electron chi connectivity index (χ2n) is 6.33. The molecule has 0 fully saturated rings. The van der Waals surface area contributed by atoms with Crippen molar-refractivity contribution in [3.05, 3.63) is 83.0 Å². The minimum atomic E-state index is -0.347. The number of nitrogens with zero attached hydrogens (tertiary/aromatic N) is 3. The van der Waals surface area contributed by atoms with Gasteiger partial charge in [0.1, 0.15) is 21.9 Å². The molecule has 2 aromatic heterocycles. The Morgan fingerprint density at radius 2 is 1.71 bits per heavy atom. The van der Waals surface area contributed by atoms with Gasteiger partial charge in [-0.05, 0) is 30.2 Å². The van der Waals surface area contributed by atoms with E-state index in [1.165, 1.54) is 24.0 Å². The van der Waals surface area contributed by atoms with Gasteiger partial charge in [0.2, 0.25) is 0 Å². The number of hydrogen-bond donors (Lipinski definition) is 0. The molecule has 140 valence electrons. The van der Waals surface area contributed by atoms with Gasteiger partial charge in [-0.3, -0.25) is 0 Å². The molecule has 0 spiro atoms. The molecule has 4 aromatic rings. The molecule has 28 heavy (non-hydrogen) atoms. The van der Waals surface area contributed by atoms with Crippen LogP contribution >= 0.6 is 11.3 Å². The molecule has 5 nitrogen and oxygen atoms in total. The zero-order valence-electron chi connectivity index (χ0n) is 15.6. The Labute approximate surface area is 167 Å². The molecule has 2 aromatic carbocycles. The maximum Gasteiger partial charge on any atom is 0.348 e. The second kappa shape index (κ2) is 7.78. The molecule has 6 heteroatoms. The van der Waals surface area contributed by atoms with E-state index in [0.717, 1.165) is 27.3 Å². The molecular weight excluding hydrogens is 370 g/mol. The minimum absolute atomic E-state index is 0.347. The van der Waals surface area contributed by atoms with Gasteiger partial charge in [0.15, 0.2) is 0 Å². The molecule has 0 aliphatic heterocycles. The topological polar surface area (TPSA) is 55.3 Å². The lowest BCUT2D eigenvalue weighted by Gasteiger charge is -2.25. The number of hydrogen-bond acceptors (Lipinski definition) is 6. The number of esters is 1. The van der Waals surface area contributed by atoms with Crippen molar-refractivity contribution >= 4 is 39.0 Å². The van der Waals surface area contributed by atoms with Crippen molar-refractivity contribution in [2.45, 2.75) is 13.5 Å². The highest BCUT2D eigenvalue weighted by atomic mass is 32.1. The highest BCUT2D eigenvalue weighted by Gasteiger charge is 2.23. The number of ether oxygens (including phenoxy) is 1. The van der Waals surface area contributed by atoms with Crippen LogP contribution in [0, 0.1) is 6.92 Å². The number of para-hydroxylation sites is 1. The average molecular weight is 389 g/mol. The number of anilines is 2. The highest BCUT2D eigenvalue weighted by molar-refractivity contribution is 7.20. The molecule has 0 N–H and O–H groups in total. The third-order valence-electron chi connectivity index (χ3n) is 4.58. The van der Waals surface area contributed by atoms with Crippen molar-refractivity contribution in [3.63, 3.8) is 0 Å². The fraction of sp³-hybridized carbons (Fsp3) is 0.136. The maximum atomic E-state index is 12.2. The zero-order chi connectivity index (χ0) is 19.5. The number of carbonyl (C=O) groups excluding carboxylic acids is 1. The van der Waals surface area contributed by atoms with Crippen LogP contribution in [0.25, 0.3) is 10.2 Å². The monoisotopic (exact) mass is 389 g/mol. The summed E-state index contributed by atoms with van der Waals surface area (Å²) in [4.78, 5) is 24.7. The van der Waals surface area contributed by atoms with Crippen LogP contribution in [0.5, 0.6) is 0 Å². The average Bonchev–Trinajstić information content (AvgIpc) is 3.10. The summed E-state index contributed by atoms with van der Waals surface area (Å²) in [5, 5.41) is 0.882. The van der Waals surface area contributed by atoms with Crippen LogP contribution in [0.2, 0.25) is 0 Å². The largest absolute Gasteiger partial charge is 0.465 e. The van der Waals surface area contributed by atoms with E-state index < -0.39 is 0 Å². The summed E-state index contributed by atoms with van der Waals surface area (Å²) in [6, 6.07) is 20.4. The van der Waals surface area contributed by atoms with Crippen LogP contribution in [0.3, 0.4) is 0 Å². The first kappa shape index (κ1) is 18.1. The molecule has 2 heterocycles. The lowest BCUT2D eigenvalue weighted by molar-refractivity contribution is 0.0605. The molecule has 0 unspecified atom stereocenters. The van der Waals surface area contributed by atoms with Crippen LogP contribution in [-0.4, -0.2) is 23.0 Å². The van der Waals surface area contributed by atoms with E-state index in [2.05, 4.69) is 39.1 Å². The Kier molecular flexibility index (Phi) is 5.04. The van der Waals surface area contributed by atoms with Gasteiger partial charge >= 0.3 is 5.97 Å². The Hall–Kier alpha value is -3.25. The van der Waals surface area contributed by atoms with E-state index in [-0.39, 0.29) is 5.97 Å². The van der Waals surface area contributed by atoms with E-state index in [1.807, 2.05) is 43.3 Å². The van der Waals surface area contributed by atoms with Gasteiger partial charge in [-0.15, -0.1) is 11.3 Å². The first-order valence-electron chi connectivity index (χ1n) is 8.88. The van der Waals surface area contributed by atoms with Crippen LogP contribution in [0.1, 0.15) is 20.8 Å². The Bertz CT molecular complexity index is 1110. The molecule has 0 atom stereocenters. The molecule has 0 saturated carbocycles. The van der Waals surface area contributed by atoms with Gasteiger partial charge in [-0.2, -0.15) is 0 Å². The Morgan fingerprint density at radius 3 is 2.39 bits per heavy atom. The molecule has 0 amide bonds. The molecular formula is C22H19N3O2S. The van der Waals surface area contributed by atoms with Crippen molar-refractivity contribution in [3.8, 4) is 0 Å². The normalized spacial score (nSPS) is 10.8. The van der Waals surface area contributed by atoms with Gasteiger partial charge in [-0.25, -0.2) is 14.8 Å². The van der Waals surface area contributed by atoms with Crippen LogP contribution < -0.4 is 4.90 Å².